The Labute approximate surface area is 150 Å². The van der Waals surface area contributed by atoms with Crippen LogP contribution in [0.1, 0.15) is 25.3 Å². The predicted molar refractivity (Wildman–Crippen MR) is 99.4 cm³/mol. The predicted octanol–water partition coefficient (Wildman–Crippen LogP) is 3.37. The Morgan fingerprint density at radius 2 is 1.56 bits per heavy atom. The van der Waals surface area contributed by atoms with Crippen molar-refractivity contribution in [2.24, 2.45) is 3.77 Å². The summed E-state index contributed by atoms with van der Waals surface area (Å²) in [7, 11) is -7.42. The van der Waals surface area contributed by atoms with Crippen LogP contribution in [0.5, 0.6) is 0 Å². The van der Waals surface area contributed by atoms with Crippen LogP contribution in [0.3, 0.4) is 0 Å². The fourth-order valence-corrected chi connectivity index (χ4v) is 6.54. The fraction of sp³-hybridized carbons (Fsp3) is 0.333. The van der Waals surface area contributed by atoms with Gasteiger partial charge in [0.05, 0.1) is 26.5 Å². The van der Waals surface area contributed by atoms with Crippen molar-refractivity contribution in [1.82, 2.24) is 0 Å². The highest BCUT2D eigenvalue weighted by molar-refractivity contribution is 8.03. The first-order valence-corrected chi connectivity index (χ1v) is 11.2. The molecule has 0 saturated heterocycles. The number of benzene rings is 2. The fourth-order valence-electron chi connectivity index (χ4n) is 2.39. The van der Waals surface area contributed by atoms with Crippen molar-refractivity contribution in [2.75, 3.05) is 5.75 Å². The third-order valence-corrected chi connectivity index (χ3v) is 8.15. The molecule has 0 heterocycles. The van der Waals surface area contributed by atoms with Gasteiger partial charge in [-0.05, 0) is 37.6 Å². The third kappa shape index (κ3) is 5.14. The number of aliphatic hydroxyl groups is 1. The number of rotatable bonds is 7. The summed E-state index contributed by atoms with van der Waals surface area (Å²) in [5.74, 6) is -0.212. The van der Waals surface area contributed by atoms with Gasteiger partial charge in [0.2, 0.25) is 0 Å². The van der Waals surface area contributed by atoms with Crippen molar-refractivity contribution in [1.29, 1.82) is 0 Å². The van der Waals surface area contributed by atoms with Gasteiger partial charge in [0, 0.05) is 4.90 Å². The third-order valence-electron chi connectivity index (χ3n) is 3.69. The van der Waals surface area contributed by atoms with Crippen LogP contribution in [0.25, 0.3) is 0 Å². The van der Waals surface area contributed by atoms with Gasteiger partial charge in [-0.25, -0.2) is 4.21 Å². The van der Waals surface area contributed by atoms with E-state index in [9.17, 15) is 17.7 Å². The molecule has 1 unspecified atom stereocenters. The summed E-state index contributed by atoms with van der Waals surface area (Å²) in [6.07, 6.45) is 0.259. The molecular weight excluding hydrogens is 358 g/mol. The van der Waals surface area contributed by atoms with E-state index in [-0.39, 0.29) is 10.6 Å². The molecule has 2 aromatic carbocycles. The second kappa shape index (κ2) is 8.12. The quantitative estimate of drug-likeness (QED) is 0.797. The van der Waals surface area contributed by atoms with E-state index in [2.05, 4.69) is 3.77 Å². The smallest absolute Gasteiger partial charge is 0.290 e. The van der Waals surface area contributed by atoms with E-state index in [0.717, 1.165) is 5.56 Å². The number of nitrogens with zero attached hydrogens (tertiary/aromatic N) is 1. The van der Waals surface area contributed by atoms with Crippen LogP contribution in [0.2, 0.25) is 0 Å². The Morgan fingerprint density at radius 3 is 2.12 bits per heavy atom. The lowest BCUT2D eigenvalue weighted by molar-refractivity contribution is 0.187. The summed E-state index contributed by atoms with van der Waals surface area (Å²) < 4.78 is 42.5. The summed E-state index contributed by atoms with van der Waals surface area (Å²) in [6, 6.07) is 14.5. The van der Waals surface area contributed by atoms with Gasteiger partial charge in [0.25, 0.3) is 10.0 Å². The van der Waals surface area contributed by atoms with Crippen molar-refractivity contribution in [2.45, 2.75) is 42.6 Å². The van der Waals surface area contributed by atoms with Gasteiger partial charge >= 0.3 is 0 Å². The minimum atomic E-state index is -4.10. The summed E-state index contributed by atoms with van der Waals surface area (Å²) in [5.41, 5.74) is 0.918. The Hall–Kier alpha value is -1.70. The number of hydrogen-bond donors (Lipinski definition) is 1. The first-order chi connectivity index (χ1) is 11.8. The lowest BCUT2D eigenvalue weighted by atomic mass is 10.2. The first-order valence-electron chi connectivity index (χ1n) is 8.08. The molecule has 0 aliphatic rings. The van der Waals surface area contributed by atoms with Crippen LogP contribution in [0.15, 0.2) is 68.2 Å². The van der Waals surface area contributed by atoms with Crippen LogP contribution in [0.4, 0.5) is 0 Å². The molecule has 25 heavy (non-hydrogen) atoms. The molecule has 0 amide bonds. The molecule has 2 atom stereocenters. The standard InChI is InChI=1S/C18H23NO4S2/c1-3-7-16(20)14-24(21,17-8-5-4-6-9-17)19-25(22,23)18-12-10-15(2)11-13-18/h4-6,8-13,16,20H,3,7,14H2,1-2H3/t16-,24?/m1/s1. The maximum absolute atomic E-state index is 13.4. The second-order valence-corrected chi connectivity index (χ2v) is 10.0. The largest absolute Gasteiger partial charge is 0.392 e. The summed E-state index contributed by atoms with van der Waals surface area (Å²) in [5, 5.41) is 10.1. The molecule has 2 rings (SSSR count). The van der Waals surface area contributed by atoms with E-state index in [4.69, 9.17) is 0 Å². The van der Waals surface area contributed by atoms with Crippen molar-refractivity contribution in [3.63, 3.8) is 0 Å². The number of hydrogen-bond acceptors (Lipinski definition) is 4. The van der Waals surface area contributed by atoms with Gasteiger partial charge < -0.3 is 5.11 Å². The van der Waals surface area contributed by atoms with Crippen molar-refractivity contribution in [3.8, 4) is 0 Å². The van der Waals surface area contributed by atoms with E-state index in [0.29, 0.717) is 17.7 Å². The molecule has 0 bridgehead atoms. The maximum Gasteiger partial charge on any atom is 0.290 e. The second-order valence-electron chi connectivity index (χ2n) is 5.93. The zero-order chi connectivity index (χ0) is 18.5. The first kappa shape index (κ1) is 19.6. The maximum atomic E-state index is 13.4. The molecule has 2 aromatic rings. The van der Waals surface area contributed by atoms with E-state index in [1.807, 2.05) is 13.8 Å². The van der Waals surface area contributed by atoms with E-state index in [1.165, 1.54) is 12.1 Å². The average Bonchev–Trinajstić information content (AvgIpc) is 2.55. The molecule has 0 aliphatic heterocycles. The topological polar surface area (TPSA) is 83.8 Å². The van der Waals surface area contributed by atoms with Gasteiger partial charge in [-0.1, -0.05) is 49.2 Å². The molecule has 0 saturated carbocycles. The van der Waals surface area contributed by atoms with Crippen LogP contribution in [-0.2, 0) is 19.8 Å². The number of aryl methyl sites for hydroxylation is 1. The van der Waals surface area contributed by atoms with Crippen molar-refractivity contribution >= 4 is 19.8 Å². The van der Waals surface area contributed by atoms with E-state index in [1.54, 1.807) is 42.5 Å². The zero-order valence-corrected chi connectivity index (χ0v) is 16.0. The molecular formula is C18H23NO4S2. The molecule has 0 spiro atoms. The molecule has 7 heteroatoms. The SMILES string of the molecule is CCC[C@@H](O)CS(=O)(=NS(=O)(=O)c1ccc(C)cc1)c1ccccc1. The van der Waals surface area contributed by atoms with Crippen LogP contribution in [-0.4, -0.2) is 29.6 Å². The Bertz CT molecular complexity index is 913. The summed E-state index contributed by atoms with van der Waals surface area (Å²) in [6.45, 7) is 3.75. The Morgan fingerprint density at radius 1 is 0.960 bits per heavy atom. The highest BCUT2D eigenvalue weighted by Crippen LogP contribution is 2.22. The highest BCUT2D eigenvalue weighted by atomic mass is 32.3. The van der Waals surface area contributed by atoms with E-state index < -0.39 is 25.9 Å². The minimum absolute atomic E-state index is 0.00765. The summed E-state index contributed by atoms with van der Waals surface area (Å²) in [4.78, 5) is 0.299. The van der Waals surface area contributed by atoms with E-state index >= 15 is 0 Å². The lowest BCUT2D eigenvalue weighted by Crippen LogP contribution is -2.22. The molecule has 0 radical (unpaired) electrons. The molecule has 0 aromatic heterocycles. The lowest BCUT2D eigenvalue weighted by Gasteiger charge is -2.15. The minimum Gasteiger partial charge on any atom is -0.392 e. The van der Waals surface area contributed by atoms with Gasteiger partial charge in [0.15, 0.2) is 0 Å². The average molecular weight is 382 g/mol. The molecule has 0 fully saturated rings. The van der Waals surface area contributed by atoms with Gasteiger partial charge in [-0.2, -0.15) is 8.42 Å². The zero-order valence-electron chi connectivity index (χ0n) is 14.3. The summed E-state index contributed by atoms with van der Waals surface area (Å²) >= 11 is 0. The normalized spacial score (nSPS) is 15.3. The van der Waals surface area contributed by atoms with Crippen molar-refractivity contribution < 1.29 is 17.7 Å². The van der Waals surface area contributed by atoms with Crippen LogP contribution >= 0.6 is 0 Å². The van der Waals surface area contributed by atoms with Crippen LogP contribution < -0.4 is 0 Å². The molecule has 0 aliphatic carbocycles. The van der Waals surface area contributed by atoms with Crippen molar-refractivity contribution in [3.05, 3.63) is 60.2 Å². The monoisotopic (exact) mass is 381 g/mol. The van der Waals surface area contributed by atoms with Gasteiger partial charge in [0.1, 0.15) is 0 Å². The van der Waals surface area contributed by atoms with Gasteiger partial charge in [-0.3, -0.25) is 0 Å². The van der Waals surface area contributed by atoms with Crippen LogP contribution in [0, 0.1) is 6.92 Å². The molecule has 5 nitrogen and oxygen atoms in total. The highest BCUT2D eigenvalue weighted by Gasteiger charge is 2.23. The van der Waals surface area contributed by atoms with Gasteiger partial charge in [-0.15, -0.1) is 3.77 Å². The molecule has 1 N–H and O–H groups in total. The number of aliphatic hydroxyl groups excluding tert-OH is 1. The number of sulfonamides is 1. The molecule has 136 valence electrons. The Balaban J connectivity index is 2.56. The Kier molecular flexibility index (Phi) is 6.37.